The maximum atomic E-state index is 14.2. The Balaban J connectivity index is 1.66. The molecular weight excluding hydrogens is 460 g/mol. The van der Waals surface area contributed by atoms with E-state index in [0.29, 0.717) is 17.1 Å². The first-order valence-electron chi connectivity index (χ1n) is 11.5. The van der Waals surface area contributed by atoms with Crippen LogP contribution in [0.5, 0.6) is 0 Å². The van der Waals surface area contributed by atoms with Crippen molar-refractivity contribution in [2.45, 2.75) is 37.5 Å². The second-order valence-corrected chi connectivity index (χ2v) is 9.80. The molecule has 180 valence electrons. The van der Waals surface area contributed by atoms with Gasteiger partial charge in [-0.3, -0.25) is 14.4 Å². The number of aryl methyl sites for hydroxylation is 1. The molecule has 1 N–H and O–H groups in total. The van der Waals surface area contributed by atoms with E-state index in [1.54, 1.807) is 42.2 Å². The molecule has 1 spiro atoms. The Kier molecular flexibility index (Phi) is 5.58. The number of aliphatic hydroxyl groups is 1. The van der Waals surface area contributed by atoms with E-state index in [4.69, 9.17) is 21.1 Å². The number of benzene rings is 1. The number of anilines is 1. The Bertz CT molecular complexity index is 1100. The molecule has 1 aromatic rings. The van der Waals surface area contributed by atoms with Crippen molar-refractivity contribution in [3.05, 3.63) is 53.1 Å². The second-order valence-electron chi connectivity index (χ2n) is 9.40. The molecule has 0 aliphatic carbocycles. The maximum absolute atomic E-state index is 14.2. The van der Waals surface area contributed by atoms with Crippen LogP contribution in [-0.4, -0.2) is 71.3 Å². The van der Waals surface area contributed by atoms with E-state index in [9.17, 15) is 19.5 Å². The molecule has 0 bridgehead atoms. The molecule has 2 amide bonds. The van der Waals surface area contributed by atoms with Gasteiger partial charge in [0.15, 0.2) is 0 Å². The van der Waals surface area contributed by atoms with E-state index < -0.39 is 35.0 Å². The summed E-state index contributed by atoms with van der Waals surface area (Å²) in [6.07, 6.45) is 7.33. The van der Waals surface area contributed by atoms with Gasteiger partial charge in [-0.15, -0.1) is 0 Å². The van der Waals surface area contributed by atoms with Crippen LogP contribution in [0.1, 0.15) is 18.9 Å². The molecular formula is C25H27ClN2O6. The number of ether oxygens (including phenoxy) is 2. The molecule has 4 heterocycles. The molecule has 2 saturated heterocycles. The van der Waals surface area contributed by atoms with Gasteiger partial charge in [-0.05, 0) is 38.0 Å². The van der Waals surface area contributed by atoms with Gasteiger partial charge in [-0.1, -0.05) is 42.0 Å². The molecule has 9 heteroatoms. The zero-order valence-electron chi connectivity index (χ0n) is 19.1. The average Bonchev–Trinajstić information content (AvgIpc) is 3.04. The number of cyclic esters (lactones) is 1. The third-order valence-corrected chi connectivity index (χ3v) is 7.63. The molecule has 1 unspecified atom stereocenters. The molecule has 0 radical (unpaired) electrons. The van der Waals surface area contributed by atoms with Gasteiger partial charge < -0.3 is 24.4 Å². The Labute approximate surface area is 202 Å². The number of aliphatic hydroxyl groups excluding tert-OH is 1. The van der Waals surface area contributed by atoms with E-state index >= 15 is 0 Å². The Morgan fingerprint density at radius 2 is 1.94 bits per heavy atom. The van der Waals surface area contributed by atoms with Crippen molar-refractivity contribution in [1.82, 2.24) is 4.90 Å². The molecule has 34 heavy (non-hydrogen) atoms. The fourth-order valence-electron chi connectivity index (χ4n) is 6.00. The summed E-state index contributed by atoms with van der Waals surface area (Å²) >= 11 is 6.51. The van der Waals surface area contributed by atoms with E-state index in [2.05, 4.69) is 0 Å². The highest BCUT2D eigenvalue weighted by Gasteiger charge is 2.74. The molecule has 5 atom stereocenters. The quantitative estimate of drug-likeness (QED) is 0.516. The monoisotopic (exact) mass is 486 g/mol. The molecule has 4 aliphatic rings. The van der Waals surface area contributed by atoms with Crippen LogP contribution >= 0.6 is 11.6 Å². The lowest BCUT2D eigenvalue weighted by Gasteiger charge is -2.37. The Morgan fingerprint density at radius 3 is 2.68 bits per heavy atom. The summed E-state index contributed by atoms with van der Waals surface area (Å²) in [5.41, 5.74) is -1.06. The fourth-order valence-corrected chi connectivity index (χ4v) is 6.33. The number of halogens is 1. The van der Waals surface area contributed by atoms with Gasteiger partial charge >= 0.3 is 5.97 Å². The maximum Gasteiger partial charge on any atom is 0.313 e. The largest absolute Gasteiger partial charge is 0.461 e. The lowest BCUT2D eigenvalue weighted by atomic mass is 9.75. The summed E-state index contributed by atoms with van der Waals surface area (Å²) in [4.78, 5) is 44.1. The van der Waals surface area contributed by atoms with Crippen molar-refractivity contribution in [3.8, 4) is 0 Å². The first kappa shape index (κ1) is 23.1. The van der Waals surface area contributed by atoms with E-state index in [0.717, 1.165) is 5.56 Å². The van der Waals surface area contributed by atoms with Crippen LogP contribution in [0.25, 0.3) is 0 Å². The number of hydrogen-bond acceptors (Lipinski definition) is 6. The van der Waals surface area contributed by atoms with Gasteiger partial charge in [0.25, 0.3) is 5.91 Å². The summed E-state index contributed by atoms with van der Waals surface area (Å²) in [7, 11) is 0. The van der Waals surface area contributed by atoms with E-state index in [1.807, 2.05) is 19.1 Å². The predicted molar refractivity (Wildman–Crippen MR) is 124 cm³/mol. The minimum atomic E-state index is -1.35. The summed E-state index contributed by atoms with van der Waals surface area (Å²) in [6.45, 7) is 3.99. The topological polar surface area (TPSA) is 96.4 Å². The molecule has 0 saturated carbocycles. The van der Waals surface area contributed by atoms with E-state index in [-0.39, 0.29) is 38.1 Å². The van der Waals surface area contributed by atoms with Crippen LogP contribution in [0.2, 0.25) is 5.02 Å². The third kappa shape index (κ3) is 3.16. The number of para-hydroxylation sites is 1. The fraction of sp³-hybridized carbons (Fsp3) is 0.480. The SMILES string of the molecule is Cc1cccc(Cl)c1N1CC=C[C@]23O[C@]4(C)C=CCOC(=O)[C@@H]4[C@H]2C(=O)N(CCCO)C3C1=O. The molecule has 5 rings (SSSR count). The first-order chi connectivity index (χ1) is 16.2. The Hall–Kier alpha value is -2.68. The minimum absolute atomic E-state index is 0.105. The average molecular weight is 487 g/mol. The van der Waals surface area contributed by atoms with Crippen molar-refractivity contribution in [3.63, 3.8) is 0 Å². The third-order valence-electron chi connectivity index (χ3n) is 7.33. The van der Waals surface area contributed by atoms with Crippen molar-refractivity contribution in [1.29, 1.82) is 0 Å². The van der Waals surface area contributed by atoms with Gasteiger partial charge in [0.1, 0.15) is 24.2 Å². The normalized spacial score (nSPS) is 34.5. The van der Waals surface area contributed by atoms with Crippen LogP contribution in [0, 0.1) is 18.8 Å². The number of esters is 1. The zero-order valence-corrected chi connectivity index (χ0v) is 19.8. The van der Waals surface area contributed by atoms with Crippen molar-refractivity contribution in [2.75, 3.05) is 31.2 Å². The van der Waals surface area contributed by atoms with Crippen LogP contribution in [0.15, 0.2) is 42.5 Å². The number of rotatable bonds is 4. The first-order valence-corrected chi connectivity index (χ1v) is 11.8. The van der Waals surface area contributed by atoms with Crippen LogP contribution < -0.4 is 4.90 Å². The molecule has 2 fully saturated rings. The number of likely N-dealkylation sites (tertiary alicyclic amines) is 1. The predicted octanol–water partition coefficient (Wildman–Crippen LogP) is 2.02. The molecule has 1 aromatic carbocycles. The summed E-state index contributed by atoms with van der Waals surface area (Å²) < 4.78 is 12.0. The number of fused-ring (bicyclic) bond motifs is 2. The van der Waals surface area contributed by atoms with Crippen molar-refractivity contribution >= 4 is 35.1 Å². The molecule has 0 aromatic heterocycles. The summed E-state index contributed by atoms with van der Waals surface area (Å²) in [5.74, 6) is -3.03. The smallest absolute Gasteiger partial charge is 0.313 e. The Morgan fingerprint density at radius 1 is 1.15 bits per heavy atom. The number of carbonyl (C=O) groups is 3. The number of hydrogen-bond donors (Lipinski definition) is 1. The molecule has 4 aliphatic heterocycles. The summed E-state index contributed by atoms with van der Waals surface area (Å²) in [5, 5.41) is 9.89. The van der Waals surface area contributed by atoms with E-state index in [1.165, 1.54) is 4.90 Å². The number of nitrogens with zero attached hydrogens (tertiary/aromatic N) is 2. The highest BCUT2D eigenvalue weighted by molar-refractivity contribution is 6.34. The van der Waals surface area contributed by atoms with Gasteiger partial charge in [0, 0.05) is 19.7 Å². The number of carbonyl (C=O) groups excluding carboxylic acids is 3. The summed E-state index contributed by atoms with van der Waals surface area (Å²) in [6, 6.07) is 4.39. The van der Waals surface area contributed by atoms with Crippen molar-refractivity contribution in [2.24, 2.45) is 11.8 Å². The second kappa shape index (κ2) is 8.22. The molecule has 8 nitrogen and oxygen atoms in total. The highest BCUT2D eigenvalue weighted by Crippen LogP contribution is 2.57. The van der Waals surface area contributed by atoms with Crippen LogP contribution in [0.4, 0.5) is 5.69 Å². The van der Waals surface area contributed by atoms with Gasteiger partial charge in [-0.2, -0.15) is 0 Å². The van der Waals surface area contributed by atoms with Gasteiger partial charge in [-0.25, -0.2) is 0 Å². The number of amides is 2. The van der Waals surface area contributed by atoms with Crippen LogP contribution in [-0.2, 0) is 23.9 Å². The minimum Gasteiger partial charge on any atom is -0.461 e. The zero-order chi connectivity index (χ0) is 24.3. The van der Waals surface area contributed by atoms with Crippen molar-refractivity contribution < 1.29 is 29.0 Å². The van der Waals surface area contributed by atoms with Crippen LogP contribution in [0.3, 0.4) is 0 Å². The van der Waals surface area contributed by atoms with Gasteiger partial charge in [0.2, 0.25) is 5.91 Å². The highest BCUT2D eigenvalue weighted by atomic mass is 35.5. The van der Waals surface area contributed by atoms with Gasteiger partial charge in [0.05, 0.1) is 22.2 Å². The standard InChI is InChI=1S/C25H27ClN2O6/c1-15-7-3-8-16(26)19(15)27-11-4-10-25-17(18-23(32)33-14-5-9-24(18,2)34-25)21(30)28(12-6-13-29)20(25)22(27)31/h3-5,7-10,17-18,20,29H,6,11-14H2,1-2H3/t17-,18-,20?,24+,25-/m0/s1. The lowest BCUT2D eigenvalue weighted by molar-refractivity contribution is -0.156. The lowest BCUT2D eigenvalue weighted by Crippen LogP contribution is -2.56.